The number of thiophene rings is 2. The lowest BCUT2D eigenvalue weighted by atomic mass is 9.95. The van der Waals surface area contributed by atoms with Crippen LogP contribution in [0, 0.1) is 0 Å². The van der Waals surface area contributed by atoms with Gasteiger partial charge in [0.2, 0.25) is 0 Å². The summed E-state index contributed by atoms with van der Waals surface area (Å²) >= 11 is 3.74. The highest BCUT2D eigenvalue weighted by molar-refractivity contribution is 7.26. The zero-order chi connectivity index (χ0) is 37.5. The quantitative estimate of drug-likeness (QED) is 0.183. The van der Waals surface area contributed by atoms with Crippen LogP contribution in [0.25, 0.3) is 79.0 Å². The van der Waals surface area contributed by atoms with Gasteiger partial charge in [0, 0.05) is 62.4 Å². The SMILES string of the molecule is c1ccc(C2N=C(c3ccc4c(c3)sc3cccc(-c5cccc6sc7ccc(-n8c9ccccc9c9ccccc98)cc7c56)c34)NC(c3ccccc3)N2)cc1. The molecule has 57 heavy (non-hydrogen) atoms. The highest BCUT2D eigenvalue weighted by Gasteiger charge is 2.26. The van der Waals surface area contributed by atoms with E-state index in [1.807, 2.05) is 22.7 Å². The molecule has 1 aliphatic heterocycles. The van der Waals surface area contributed by atoms with Crippen LogP contribution in [-0.4, -0.2) is 10.4 Å². The fourth-order valence-corrected chi connectivity index (χ4v) is 11.2. The van der Waals surface area contributed by atoms with E-state index in [1.54, 1.807) is 0 Å². The molecule has 4 nitrogen and oxygen atoms in total. The van der Waals surface area contributed by atoms with Crippen LogP contribution in [0.2, 0.25) is 0 Å². The van der Waals surface area contributed by atoms with Gasteiger partial charge in [0.1, 0.15) is 18.2 Å². The lowest BCUT2D eigenvalue weighted by Crippen LogP contribution is -2.44. The number of aromatic nitrogens is 1. The van der Waals surface area contributed by atoms with Crippen LogP contribution in [0.1, 0.15) is 29.0 Å². The smallest absolute Gasteiger partial charge is 0.131 e. The molecule has 0 spiro atoms. The molecule has 4 heterocycles. The third-order valence-electron chi connectivity index (χ3n) is 11.5. The van der Waals surface area contributed by atoms with Crippen LogP contribution in [0.15, 0.2) is 187 Å². The predicted molar refractivity (Wildman–Crippen MR) is 243 cm³/mol. The van der Waals surface area contributed by atoms with Crippen molar-refractivity contribution in [1.29, 1.82) is 0 Å². The molecule has 0 bridgehead atoms. The lowest BCUT2D eigenvalue weighted by molar-refractivity contribution is 0.409. The van der Waals surface area contributed by atoms with Gasteiger partial charge in [-0.25, -0.2) is 4.99 Å². The summed E-state index contributed by atoms with van der Waals surface area (Å²) < 4.78 is 7.56. The van der Waals surface area contributed by atoms with Crippen molar-refractivity contribution in [2.75, 3.05) is 0 Å². The van der Waals surface area contributed by atoms with Crippen molar-refractivity contribution in [1.82, 2.24) is 15.2 Å². The number of amidine groups is 1. The second-order valence-electron chi connectivity index (χ2n) is 14.8. The maximum atomic E-state index is 5.24. The molecule has 6 heteroatoms. The molecule has 12 rings (SSSR count). The molecule has 8 aromatic carbocycles. The van der Waals surface area contributed by atoms with E-state index in [4.69, 9.17) is 4.99 Å². The molecular weight excluding hydrogens is 733 g/mol. The largest absolute Gasteiger partial charge is 0.350 e. The van der Waals surface area contributed by atoms with Crippen LogP contribution >= 0.6 is 22.7 Å². The van der Waals surface area contributed by atoms with Gasteiger partial charge in [0.15, 0.2) is 0 Å². The second kappa shape index (κ2) is 13.0. The maximum absolute atomic E-state index is 5.24. The van der Waals surface area contributed by atoms with E-state index in [1.165, 1.54) is 84.5 Å². The van der Waals surface area contributed by atoms with Crippen LogP contribution in [-0.2, 0) is 0 Å². The third kappa shape index (κ3) is 5.26. The van der Waals surface area contributed by atoms with Crippen molar-refractivity contribution in [3.05, 3.63) is 199 Å². The number of nitrogens with one attached hydrogen (secondary N) is 2. The Morgan fingerprint density at radius 1 is 0.456 bits per heavy atom. The summed E-state index contributed by atoms with van der Waals surface area (Å²) in [5, 5.41) is 15.2. The Kier molecular flexibility index (Phi) is 7.45. The van der Waals surface area contributed by atoms with Crippen molar-refractivity contribution < 1.29 is 0 Å². The maximum Gasteiger partial charge on any atom is 0.131 e. The second-order valence-corrected chi connectivity index (χ2v) is 16.9. The van der Waals surface area contributed by atoms with E-state index >= 15 is 0 Å². The average molecular weight is 767 g/mol. The first-order chi connectivity index (χ1) is 28.2. The Morgan fingerprint density at radius 2 is 1.07 bits per heavy atom. The highest BCUT2D eigenvalue weighted by atomic mass is 32.1. The minimum atomic E-state index is -0.172. The molecule has 11 aromatic rings. The molecule has 0 radical (unpaired) electrons. The molecule has 2 N–H and O–H groups in total. The fraction of sp³-hybridized carbons (Fsp3) is 0.0392. The molecule has 270 valence electrons. The Bertz CT molecular complexity index is 3320. The van der Waals surface area contributed by atoms with Crippen molar-refractivity contribution in [3.8, 4) is 16.8 Å². The predicted octanol–water partition coefficient (Wildman–Crippen LogP) is 13.5. The number of aliphatic imine (C=N–C) groups is 1. The van der Waals surface area contributed by atoms with E-state index < -0.39 is 0 Å². The minimum Gasteiger partial charge on any atom is -0.350 e. The van der Waals surface area contributed by atoms with E-state index in [0.717, 1.165) is 17.0 Å². The van der Waals surface area contributed by atoms with Crippen molar-refractivity contribution in [2.45, 2.75) is 12.3 Å². The fourth-order valence-electron chi connectivity index (χ4n) is 8.91. The monoisotopic (exact) mass is 766 g/mol. The van der Waals surface area contributed by atoms with Gasteiger partial charge in [-0.1, -0.05) is 133 Å². The molecule has 2 atom stereocenters. The third-order valence-corrected chi connectivity index (χ3v) is 13.7. The van der Waals surface area contributed by atoms with E-state index in [2.05, 4.69) is 197 Å². The van der Waals surface area contributed by atoms with E-state index in [0.29, 0.717) is 0 Å². The number of fused-ring (bicyclic) bond motifs is 9. The molecule has 0 fully saturated rings. The van der Waals surface area contributed by atoms with Crippen molar-refractivity contribution in [2.24, 2.45) is 4.99 Å². The number of nitrogens with zero attached hydrogens (tertiary/aromatic N) is 2. The molecule has 0 saturated carbocycles. The Balaban J connectivity index is 1.00. The molecule has 2 unspecified atom stereocenters. The first-order valence-corrected chi connectivity index (χ1v) is 21.0. The van der Waals surface area contributed by atoms with Gasteiger partial charge in [-0.05, 0) is 70.8 Å². The summed E-state index contributed by atoms with van der Waals surface area (Å²) in [6.45, 7) is 0. The van der Waals surface area contributed by atoms with Gasteiger partial charge < -0.3 is 9.88 Å². The van der Waals surface area contributed by atoms with Gasteiger partial charge in [-0.15, -0.1) is 22.7 Å². The average Bonchev–Trinajstić information content (AvgIpc) is 3.96. The normalized spacial score (nSPS) is 15.9. The number of para-hydroxylation sites is 2. The molecule has 0 aliphatic carbocycles. The van der Waals surface area contributed by atoms with Crippen LogP contribution < -0.4 is 10.6 Å². The van der Waals surface area contributed by atoms with Gasteiger partial charge in [-0.2, -0.15) is 0 Å². The standard InChI is InChI=1S/C51H34N4S2/c1-3-13-31(14-4-1)49-52-50(32-15-5-2-6-16-32)54-51(53-49)33-25-27-39-46(29-33)57-44-23-11-19-37(47(39)44)38-20-12-24-45-48(38)40-30-34(26-28-43(40)56-45)55-41-21-9-7-17-35(41)36-18-8-10-22-42(36)55/h1-30,49-50,52H,(H,53,54). The number of hydrogen-bond acceptors (Lipinski definition) is 5. The van der Waals surface area contributed by atoms with Gasteiger partial charge >= 0.3 is 0 Å². The minimum absolute atomic E-state index is 0.0787. The highest BCUT2D eigenvalue weighted by Crippen LogP contribution is 2.46. The molecule has 1 aliphatic rings. The van der Waals surface area contributed by atoms with Crippen molar-refractivity contribution >= 4 is 90.7 Å². The molecule has 0 amide bonds. The van der Waals surface area contributed by atoms with Crippen molar-refractivity contribution in [3.63, 3.8) is 0 Å². The zero-order valence-corrected chi connectivity index (χ0v) is 32.3. The van der Waals surface area contributed by atoms with E-state index in [-0.39, 0.29) is 12.3 Å². The lowest BCUT2D eigenvalue weighted by Gasteiger charge is -2.32. The number of hydrogen-bond donors (Lipinski definition) is 2. The van der Waals surface area contributed by atoms with Gasteiger partial charge in [-0.3, -0.25) is 5.32 Å². The van der Waals surface area contributed by atoms with Gasteiger partial charge in [0.25, 0.3) is 0 Å². The van der Waals surface area contributed by atoms with E-state index in [9.17, 15) is 0 Å². The Morgan fingerprint density at radius 3 is 1.77 bits per heavy atom. The Hall–Kier alpha value is -6.57. The van der Waals surface area contributed by atoms with Crippen LogP contribution in [0.3, 0.4) is 0 Å². The van der Waals surface area contributed by atoms with Crippen LogP contribution in [0.4, 0.5) is 0 Å². The molecular formula is C51H34N4S2. The Labute approximate surface area is 337 Å². The summed E-state index contributed by atoms with van der Waals surface area (Å²) in [7, 11) is 0. The topological polar surface area (TPSA) is 41.4 Å². The molecule has 3 aromatic heterocycles. The first kappa shape index (κ1) is 32.7. The van der Waals surface area contributed by atoms with Crippen LogP contribution in [0.5, 0.6) is 0 Å². The number of benzene rings is 8. The number of rotatable bonds is 5. The van der Waals surface area contributed by atoms with Gasteiger partial charge in [0.05, 0.1) is 11.0 Å². The summed E-state index contributed by atoms with van der Waals surface area (Å²) in [5.74, 6) is 0.893. The summed E-state index contributed by atoms with van der Waals surface area (Å²) in [6, 6.07) is 66.1. The summed E-state index contributed by atoms with van der Waals surface area (Å²) in [5.41, 5.74) is 9.57. The zero-order valence-electron chi connectivity index (χ0n) is 30.7. The summed E-state index contributed by atoms with van der Waals surface area (Å²) in [4.78, 5) is 5.24. The molecule has 0 saturated heterocycles. The first-order valence-electron chi connectivity index (χ1n) is 19.4. The summed E-state index contributed by atoms with van der Waals surface area (Å²) in [6.07, 6.45) is -0.251.